The number of anilines is 1. The maximum Gasteiger partial charge on any atom is 0.310 e. The molecule has 2 rings (SSSR count). The average Bonchev–Trinajstić information content (AvgIpc) is 2.49. The van der Waals surface area contributed by atoms with E-state index in [2.05, 4.69) is 5.32 Å². The molecule has 0 radical (unpaired) electrons. The highest BCUT2D eigenvalue weighted by molar-refractivity contribution is 5.92. The van der Waals surface area contributed by atoms with Crippen molar-refractivity contribution in [3.05, 3.63) is 64.2 Å². The number of para-hydroxylation sites is 2. The van der Waals surface area contributed by atoms with Gasteiger partial charge in [0.1, 0.15) is 11.6 Å². The molecular formula is C14H10F2N2O4. The molecule has 2 aromatic carbocycles. The molecule has 8 heteroatoms. The first-order valence-electron chi connectivity index (χ1n) is 6.08. The van der Waals surface area contributed by atoms with Gasteiger partial charge in [-0.3, -0.25) is 14.9 Å². The number of carbonyl (C=O) groups is 1. The van der Waals surface area contributed by atoms with Gasteiger partial charge in [0, 0.05) is 12.1 Å². The van der Waals surface area contributed by atoms with Crippen LogP contribution >= 0.6 is 0 Å². The summed E-state index contributed by atoms with van der Waals surface area (Å²) in [4.78, 5) is 21.8. The molecule has 2 aromatic rings. The van der Waals surface area contributed by atoms with Crippen molar-refractivity contribution in [3.63, 3.8) is 0 Å². The largest absolute Gasteiger partial charge is 0.477 e. The lowest BCUT2D eigenvalue weighted by Gasteiger charge is -2.08. The van der Waals surface area contributed by atoms with Gasteiger partial charge in [0.25, 0.3) is 5.91 Å². The molecule has 22 heavy (non-hydrogen) atoms. The predicted molar refractivity (Wildman–Crippen MR) is 73.6 cm³/mol. The summed E-state index contributed by atoms with van der Waals surface area (Å²) in [5.74, 6) is -2.39. The highest BCUT2D eigenvalue weighted by Crippen LogP contribution is 2.25. The highest BCUT2D eigenvalue weighted by atomic mass is 19.1. The zero-order valence-corrected chi connectivity index (χ0v) is 11.1. The average molecular weight is 308 g/mol. The van der Waals surface area contributed by atoms with Crippen molar-refractivity contribution in [3.8, 4) is 5.75 Å². The Bertz CT molecular complexity index is 722. The molecule has 0 aliphatic rings. The fourth-order valence-electron chi connectivity index (χ4n) is 1.65. The minimum absolute atomic E-state index is 0.0950. The molecular weight excluding hydrogens is 298 g/mol. The first-order chi connectivity index (χ1) is 10.5. The number of halogens is 2. The quantitative estimate of drug-likeness (QED) is 0.680. The molecule has 6 nitrogen and oxygen atoms in total. The van der Waals surface area contributed by atoms with E-state index in [0.29, 0.717) is 0 Å². The summed E-state index contributed by atoms with van der Waals surface area (Å²) in [7, 11) is 0. The van der Waals surface area contributed by atoms with Gasteiger partial charge in [0.15, 0.2) is 12.4 Å². The molecule has 0 heterocycles. The number of nitro benzene ring substituents is 1. The van der Waals surface area contributed by atoms with E-state index in [0.717, 1.165) is 18.2 Å². The number of rotatable bonds is 5. The van der Waals surface area contributed by atoms with Crippen LogP contribution in [0.1, 0.15) is 0 Å². The van der Waals surface area contributed by atoms with Gasteiger partial charge in [-0.05, 0) is 18.2 Å². The Labute approximate surface area is 123 Å². The molecule has 0 saturated carbocycles. The molecule has 0 aliphatic heterocycles. The van der Waals surface area contributed by atoms with E-state index >= 15 is 0 Å². The van der Waals surface area contributed by atoms with Crippen molar-refractivity contribution in [2.24, 2.45) is 0 Å². The lowest BCUT2D eigenvalue weighted by atomic mass is 10.3. The number of amides is 1. The number of ether oxygens (including phenoxy) is 1. The summed E-state index contributed by atoms with van der Waals surface area (Å²) >= 11 is 0. The van der Waals surface area contributed by atoms with E-state index < -0.39 is 29.1 Å². The summed E-state index contributed by atoms with van der Waals surface area (Å²) in [6.45, 7) is -0.583. The number of hydrogen-bond acceptors (Lipinski definition) is 4. The van der Waals surface area contributed by atoms with Crippen molar-refractivity contribution < 1.29 is 23.2 Å². The Kier molecular flexibility index (Phi) is 4.62. The normalized spacial score (nSPS) is 10.1. The van der Waals surface area contributed by atoms with Crippen molar-refractivity contribution in [1.82, 2.24) is 0 Å². The van der Waals surface area contributed by atoms with Gasteiger partial charge < -0.3 is 10.1 Å². The van der Waals surface area contributed by atoms with Gasteiger partial charge in [0.2, 0.25) is 0 Å². The Morgan fingerprint density at radius 1 is 1.23 bits per heavy atom. The monoisotopic (exact) mass is 308 g/mol. The second-order valence-electron chi connectivity index (χ2n) is 4.19. The van der Waals surface area contributed by atoms with Crippen LogP contribution < -0.4 is 10.1 Å². The molecule has 0 aromatic heterocycles. The van der Waals surface area contributed by atoms with E-state index in [1.54, 1.807) is 0 Å². The number of nitro groups is 1. The molecule has 114 valence electrons. The lowest BCUT2D eigenvalue weighted by Crippen LogP contribution is -2.21. The van der Waals surface area contributed by atoms with Gasteiger partial charge in [0.05, 0.1) is 10.6 Å². The Balaban J connectivity index is 2.02. The number of carbonyl (C=O) groups excluding carboxylic acids is 1. The van der Waals surface area contributed by atoms with E-state index in [1.807, 2.05) is 0 Å². The van der Waals surface area contributed by atoms with Gasteiger partial charge in [-0.2, -0.15) is 0 Å². The van der Waals surface area contributed by atoms with Crippen molar-refractivity contribution in [1.29, 1.82) is 0 Å². The number of nitrogens with one attached hydrogen (secondary N) is 1. The van der Waals surface area contributed by atoms with Crippen LogP contribution in [0, 0.1) is 21.7 Å². The van der Waals surface area contributed by atoms with E-state index in [4.69, 9.17) is 4.74 Å². The molecule has 0 unspecified atom stereocenters. The zero-order valence-electron chi connectivity index (χ0n) is 11.1. The molecule has 1 amide bonds. The summed E-state index contributed by atoms with van der Waals surface area (Å²) in [6, 6.07) is 8.11. The Hall–Kier alpha value is -3.03. The maximum absolute atomic E-state index is 13.4. The van der Waals surface area contributed by atoms with Gasteiger partial charge >= 0.3 is 5.69 Å². The zero-order chi connectivity index (χ0) is 16.1. The van der Waals surface area contributed by atoms with Crippen molar-refractivity contribution in [2.45, 2.75) is 0 Å². The second kappa shape index (κ2) is 6.61. The predicted octanol–water partition coefficient (Wildman–Crippen LogP) is 2.89. The third-order valence-corrected chi connectivity index (χ3v) is 2.62. The molecule has 0 saturated heterocycles. The molecule has 0 spiro atoms. The standard InChI is InChI=1S/C14H10F2N2O4/c15-9-5-6-10(16)11(7-9)17-14(19)8-22-13-4-2-1-3-12(13)18(20)21/h1-7H,8H2,(H,17,19). The first-order valence-corrected chi connectivity index (χ1v) is 6.08. The van der Waals surface area contributed by atoms with Crippen LogP contribution in [-0.4, -0.2) is 17.4 Å². The van der Waals surface area contributed by atoms with Gasteiger partial charge in [-0.1, -0.05) is 12.1 Å². The summed E-state index contributed by atoms with van der Waals surface area (Å²) in [5, 5.41) is 12.9. The van der Waals surface area contributed by atoms with Crippen LogP contribution in [0.25, 0.3) is 0 Å². The van der Waals surface area contributed by atoms with Crippen LogP contribution in [0.5, 0.6) is 5.75 Å². The van der Waals surface area contributed by atoms with Crippen molar-refractivity contribution in [2.75, 3.05) is 11.9 Å². The van der Waals surface area contributed by atoms with Crippen LogP contribution in [0.3, 0.4) is 0 Å². The minimum atomic E-state index is -0.805. The molecule has 0 atom stereocenters. The maximum atomic E-state index is 13.4. The van der Waals surface area contributed by atoms with E-state index in [-0.39, 0.29) is 17.1 Å². The fraction of sp³-hybridized carbons (Fsp3) is 0.0714. The van der Waals surface area contributed by atoms with Gasteiger partial charge in [-0.15, -0.1) is 0 Å². The number of hydrogen-bond donors (Lipinski definition) is 1. The van der Waals surface area contributed by atoms with Crippen LogP contribution in [0.4, 0.5) is 20.2 Å². The van der Waals surface area contributed by atoms with E-state index in [9.17, 15) is 23.7 Å². The minimum Gasteiger partial charge on any atom is -0.477 e. The Morgan fingerprint density at radius 2 is 1.95 bits per heavy atom. The van der Waals surface area contributed by atoms with Crippen LogP contribution in [-0.2, 0) is 4.79 Å². The van der Waals surface area contributed by atoms with E-state index in [1.165, 1.54) is 24.3 Å². The van der Waals surface area contributed by atoms with Gasteiger partial charge in [-0.25, -0.2) is 8.78 Å². The molecule has 0 fully saturated rings. The second-order valence-corrected chi connectivity index (χ2v) is 4.19. The highest BCUT2D eigenvalue weighted by Gasteiger charge is 2.15. The topological polar surface area (TPSA) is 81.5 Å². The summed E-state index contributed by atoms with van der Waals surface area (Å²) < 4.78 is 31.4. The Morgan fingerprint density at radius 3 is 2.68 bits per heavy atom. The molecule has 1 N–H and O–H groups in total. The lowest BCUT2D eigenvalue weighted by molar-refractivity contribution is -0.385. The molecule has 0 aliphatic carbocycles. The van der Waals surface area contributed by atoms with Crippen LogP contribution in [0.2, 0.25) is 0 Å². The molecule has 0 bridgehead atoms. The first kappa shape index (κ1) is 15.4. The SMILES string of the molecule is O=C(COc1ccccc1[N+](=O)[O-])Nc1cc(F)ccc1F. The third kappa shape index (κ3) is 3.75. The smallest absolute Gasteiger partial charge is 0.310 e. The van der Waals surface area contributed by atoms with Crippen molar-refractivity contribution >= 4 is 17.3 Å². The summed E-state index contributed by atoms with van der Waals surface area (Å²) in [6.07, 6.45) is 0. The van der Waals surface area contributed by atoms with Crippen LogP contribution in [0.15, 0.2) is 42.5 Å². The fourth-order valence-corrected chi connectivity index (χ4v) is 1.65. The number of nitrogens with zero attached hydrogens (tertiary/aromatic N) is 1. The number of benzene rings is 2. The third-order valence-electron chi connectivity index (χ3n) is 2.62. The summed E-state index contributed by atoms with van der Waals surface area (Å²) in [5.41, 5.74) is -0.636.